The summed E-state index contributed by atoms with van der Waals surface area (Å²) in [6.45, 7) is 5.84. The van der Waals surface area contributed by atoms with Crippen LogP contribution in [0.2, 0.25) is 0 Å². The highest BCUT2D eigenvalue weighted by atomic mass is 16.4. The van der Waals surface area contributed by atoms with Gasteiger partial charge >= 0.3 is 5.97 Å². The second kappa shape index (κ2) is 2.87. The van der Waals surface area contributed by atoms with E-state index in [1.165, 1.54) is 10.9 Å². The van der Waals surface area contributed by atoms with E-state index < -0.39 is 5.97 Å². The summed E-state index contributed by atoms with van der Waals surface area (Å²) in [6.07, 6.45) is 1.53. The lowest BCUT2D eigenvalue weighted by molar-refractivity contribution is 0.0694. The van der Waals surface area contributed by atoms with Crippen LogP contribution in [0.3, 0.4) is 0 Å². The Bertz CT molecular complexity index is 334. The van der Waals surface area contributed by atoms with Gasteiger partial charge in [0, 0.05) is 18.7 Å². The van der Waals surface area contributed by atoms with Crippen LogP contribution in [0, 0.1) is 0 Å². The Morgan fingerprint density at radius 3 is 2.38 bits per heavy atom. The van der Waals surface area contributed by atoms with Gasteiger partial charge in [0.1, 0.15) is 5.56 Å². The van der Waals surface area contributed by atoms with Gasteiger partial charge in [-0.25, -0.2) is 4.79 Å². The highest BCUT2D eigenvalue weighted by Crippen LogP contribution is 2.23. The molecule has 0 aromatic carbocycles. The first-order valence-corrected chi connectivity index (χ1v) is 4.10. The molecule has 1 heterocycles. The molecule has 0 saturated carbocycles. The molecule has 1 aromatic heterocycles. The first-order chi connectivity index (χ1) is 5.82. The third kappa shape index (κ3) is 1.88. The van der Waals surface area contributed by atoms with Crippen LogP contribution in [0.1, 0.15) is 36.8 Å². The van der Waals surface area contributed by atoms with Crippen LogP contribution >= 0.6 is 0 Å². The summed E-state index contributed by atoms with van der Waals surface area (Å²) in [5.74, 6) is -0.918. The van der Waals surface area contributed by atoms with Gasteiger partial charge in [0.2, 0.25) is 0 Å². The Morgan fingerprint density at radius 2 is 2.08 bits per heavy atom. The minimum atomic E-state index is -0.918. The molecule has 72 valence electrons. The van der Waals surface area contributed by atoms with E-state index >= 15 is 0 Å². The number of aromatic nitrogens is 2. The maximum Gasteiger partial charge on any atom is 0.339 e. The molecule has 4 nitrogen and oxygen atoms in total. The minimum Gasteiger partial charge on any atom is -0.478 e. The topological polar surface area (TPSA) is 55.1 Å². The molecule has 0 aliphatic rings. The Kier molecular flexibility index (Phi) is 2.15. The largest absolute Gasteiger partial charge is 0.478 e. The normalized spacial score (nSPS) is 11.7. The average Bonchev–Trinajstić information content (AvgIpc) is 2.29. The number of carboxylic acids is 1. The number of aryl methyl sites for hydroxylation is 1. The van der Waals surface area contributed by atoms with Gasteiger partial charge in [0.15, 0.2) is 0 Å². The van der Waals surface area contributed by atoms with E-state index in [4.69, 9.17) is 5.11 Å². The predicted octanol–water partition coefficient (Wildman–Crippen LogP) is 1.42. The standard InChI is InChI=1S/C9H14N2O2/c1-9(2,3)7-6(8(12)13)5-11(4)10-7/h5H,1-4H3,(H,12,13). The smallest absolute Gasteiger partial charge is 0.339 e. The van der Waals surface area contributed by atoms with Crippen LogP contribution in [0.5, 0.6) is 0 Å². The van der Waals surface area contributed by atoms with Gasteiger partial charge in [-0.15, -0.1) is 0 Å². The highest BCUT2D eigenvalue weighted by molar-refractivity contribution is 5.89. The molecular weight excluding hydrogens is 168 g/mol. The first-order valence-electron chi connectivity index (χ1n) is 4.10. The first kappa shape index (κ1) is 9.77. The van der Waals surface area contributed by atoms with Gasteiger partial charge in [-0.3, -0.25) is 4.68 Å². The van der Waals surface area contributed by atoms with Crippen LogP contribution in [-0.2, 0) is 12.5 Å². The van der Waals surface area contributed by atoms with E-state index in [0.29, 0.717) is 5.69 Å². The molecule has 0 aliphatic heterocycles. The third-order valence-corrected chi connectivity index (χ3v) is 1.77. The molecule has 0 bridgehead atoms. The molecule has 1 aromatic rings. The molecule has 1 N–H and O–H groups in total. The molecule has 0 saturated heterocycles. The van der Waals surface area contributed by atoms with Crippen LogP contribution in [0.4, 0.5) is 0 Å². The van der Waals surface area contributed by atoms with Crippen molar-refractivity contribution in [1.29, 1.82) is 0 Å². The zero-order chi connectivity index (χ0) is 10.2. The van der Waals surface area contributed by atoms with E-state index in [2.05, 4.69) is 5.10 Å². The summed E-state index contributed by atoms with van der Waals surface area (Å²) in [4.78, 5) is 10.8. The Labute approximate surface area is 77.2 Å². The lowest BCUT2D eigenvalue weighted by Gasteiger charge is -2.15. The molecule has 13 heavy (non-hydrogen) atoms. The molecular formula is C9H14N2O2. The molecule has 1 rings (SSSR count). The van der Waals surface area contributed by atoms with Crippen molar-refractivity contribution in [2.45, 2.75) is 26.2 Å². The van der Waals surface area contributed by atoms with Crippen LogP contribution in [0.25, 0.3) is 0 Å². The molecule has 0 unspecified atom stereocenters. The lowest BCUT2D eigenvalue weighted by Crippen LogP contribution is -2.16. The molecule has 4 heteroatoms. The van der Waals surface area contributed by atoms with Crippen molar-refractivity contribution in [2.24, 2.45) is 7.05 Å². The quantitative estimate of drug-likeness (QED) is 0.714. The van der Waals surface area contributed by atoms with Gasteiger partial charge in [-0.1, -0.05) is 20.8 Å². The minimum absolute atomic E-state index is 0.227. The van der Waals surface area contributed by atoms with E-state index in [1.54, 1.807) is 7.05 Å². The monoisotopic (exact) mass is 182 g/mol. The number of rotatable bonds is 1. The molecule has 0 fully saturated rings. The Balaban J connectivity index is 3.28. The SMILES string of the molecule is Cn1cc(C(=O)O)c(C(C)(C)C)n1. The Hall–Kier alpha value is -1.32. The van der Waals surface area contributed by atoms with Gasteiger partial charge in [-0.2, -0.15) is 5.10 Å². The molecule has 0 aliphatic carbocycles. The van der Waals surface area contributed by atoms with Crippen molar-refractivity contribution in [3.05, 3.63) is 17.5 Å². The predicted molar refractivity (Wildman–Crippen MR) is 48.9 cm³/mol. The number of hydrogen-bond donors (Lipinski definition) is 1. The highest BCUT2D eigenvalue weighted by Gasteiger charge is 2.25. The van der Waals surface area contributed by atoms with Crippen LogP contribution in [0.15, 0.2) is 6.20 Å². The van der Waals surface area contributed by atoms with Gasteiger partial charge in [0.25, 0.3) is 0 Å². The summed E-state index contributed by atoms with van der Waals surface area (Å²) in [7, 11) is 1.72. The number of hydrogen-bond acceptors (Lipinski definition) is 2. The fourth-order valence-corrected chi connectivity index (χ4v) is 1.20. The van der Waals surface area contributed by atoms with Crippen molar-refractivity contribution in [3.8, 4) is 0 Å². The van der Waals surface area contributed by atoms with E-state index in [-0.39, 0.29) is 11.0 Å². The lowest BCUT2D eigenvalue weighted by atomic mass is 9.90. The van der Waals surface area contributed by atoms with Crippen molar-refractivity contribution in [3.63, 3.8) is 0 Å². The van der Waals surface area contributed by atoms with Crippen LogP contribution in [-0.4, -0.2) is 20.9 Å². The number of carboxylic acid groups (broad SMARTS) is 1. The summed E-state index contributed by atoms with van der Waals surface area (Å²) in [5.41, 5.74) is 0.687. The maximum absolute atomic E-state index is 10.8. The summed E-state index contributed by atoms with van der Waals surface area (Å²) < 4.78 is 1.53. The fraction of sp³-hybridized carbons (Fsp3) is 0.556. The molecule has 0 spiro atoms. The summed E-state index contributed by atoms with van der Waals surface area (Å²) in [5, 5.41) is 13.0. The number of carbonyl (C=O) groups is 1. The second-order valence-electron chi connectivity index (χ2n) is 4.12. The van der Waals surface area contributed by atoms with Crippen molar-refractivity contribution in [1.82, 2.24) is 9.78 Å². The number of aromatic carboxylic acids is 1. The third-order valence-electron chi connectivity index (χ3n) is 1.77. The average molecular weight is 182 g/mol. The second-order valence-corrected chi connectivity index (χ2v) is 4.12. The van der Waals surface area contributed by atoms with Gasteiger partial charge in [0.05, 0.1) is 5.69 Å². The van der Waals surface area contributed by atoms with E-state index in [0.717, 1.165) is 0 Å². The zero-order valence-electron chi connectivity index (χ0n) is 8.33. The van der Waals surface area contributed by atoms with Crippen LogP contribution < -0.4 is 0 Å². The fourth-order valence-electron chi connectivity index (χ4n) is 1.20. The molecule has 0 amide bonds. The zero-order valence-corrected chi connectivity index (χ0v) is 8.33. The molecule has 0 radical (unpaired) electrons. The van der Waals surface area contributed by atoms with Crippen molar-refractivity contribution < 1.29 is 9.90 Å². The van der Waals surface area contributed by atoms with Crippen molar-refractivity contribution in [2.75, 3.05) is 0 Å². The van der Waals surface area contributed by atoms with E-state index in [1.807, 2.05) is 20.8 Å². The van der Waals surface area contributed by atoms with E-state index in [9.17, 15) is 4.79 Å². The van der Waals surface area contributed by atoms with Crippen molar-refractivity contribution >= 4 is 5.97 Å². The number of nitrogens with zero attached hydrogens (tertiary/aromatic N) is 2. The Morgan fingerprint density at radius 1 is 1.54 bits per heavy atom. The maximum atomic E-state index is 10.8. The summed E-state index contributed by atoms with van der Waals surface area (Å²) in [6, 6.07) is 0. The van der Waals surface area contributed by atoms with Gasteiger partial charge < -0.3 is 5.11 Å². The summed E-state index contributed by atoms with van der Waals surface area (Å²) >= 11 is 0. The molecule has 0 atom stereocenters. The van der Waals surface area contributed by atoms with Gasteiger partial charge in [-0.05, 0) is 0 Å².